The molecule has 1 unspecified atom stereocenters. The van der Waals surface area contributed by atoms with Gasteiger partial charge in [-0.3, -0.25) is 0 Å². The summed E-state index contributed by atoms with van der Waals surface area (Å²) in [5.41, 5.74) is 0.315. The van der Waals surface area contributed by atoms with Crippen LogP contribution in [0.2, 0.25) is 0 Å². The topological polar surface area (TPSA) is 12.0 Å². The Morgan fingerprint density at radius 3 is 2.28 bits per heavy atom. The van der Waals surface area contributed by atoms with Crippen molar-refractivity contribution >= 4 is 11.8 Å². The van der Waals surface area contributed by atoms with Crippen LogP contribution in [0, 0.1) is 0 Å². The largest absolute Gasteiger partial charge is 0.416 e. The van der Waals surface area contributed by atoms with E-state index in [2.05, 4.69) is 12.2 Å². The highest BCUT2D eigenvalue weighted by atomic mass is 32.2. The molecular formula is C13H18F3NS. The van der Waals surface area contributed by atoms with E-state index in [1.54, 1.807) is 23.9 Å². The molecule has 0 aliphatic heterocycles. The quantitative estimate of drug-likeness (QED) is 0.840. The zero-order valence-electron chi connectivity index (χ0n) is 10.6. The summed E-state index contributed by atoms with van der Waals surface area (Å²) in [6, 6.07) is 5.54. The van der Waals surface area contributed by atoms with Crippen molar-refractivity contribution in [2.24, 2.45) is 0 Å². The van der Waals surface area contributed by atoms with Gasteiger partial charge in [-0.05, 0) is 36.9 Å². The number of nitrogens with one attached hydrogen (secondary N) is 1. The van der Waals surface area contributed by atoms with Crippen molar-refractivity contribution in [2.45, 2.75) is 25.6 Å². The molecule has 1 nitrogen and oxygen atoms in total. The molecule has 1 aromatic carbocycles. The van der Waals surface area contributed by atoms with E-state index in [9.17, 15) is 13.2 Å². The van der Waals surface area contributed by atoms with Crippen LogP contribution in [0.15, 0.2) is 24.3 Å². The standard InChI is InChI=1S/C13H18F3NS/c1-3-8-17-12(9-18-2)10-4-6-11(7-5-10)13(14,15)16/h4-7,12,17H,3,8-9H2,1-2H3. The molecular weight excluding hydrogens is 259 g/mol. The van der Waals surface area contributed by atoms with Gasteiger partial charge in [-0.25, -0.2) is 0 Å². The van der Waals surface area contributed by atoms with Crippen LogP contribution >= 0.6 is 11.8 Å². The van der Waals surface area contributed by atoms with E-state index in [1.165, 1.54) is 0 Å². The lowest BCUT2D eigenvalue weighted by molar-refractivity contribution is -0.137. The first-order valence-corrected chi connectivity index (χ1v) is 7.28. The molecule has 0 bridgehead atoms. The van der Waals surface area contributed by atoms with Crippen LogP contribution in [-0.2, 0) is 6.18 Å². The molecule has 0 aromatic heterocycles. The minimum Gasteiger partial charge on any atom is -0.309 e. The molecule has 0 aliphatic carbocycles. The molecule has 0 saturated carbocycles. The summed E-state index contributed by atoms with van der Waals surface area (Å²) < 4.78 is 37.4. The highest BCUT2D eigenvalue weighted by molar-refractivity contribution is 7.98. The first-order valence-electron chi connectivity index (χ1n) is 5.88. The lowest BCUT2D eigenvalue weighted by Gasteiger charge is -2.18. The highest BCUT2D eigenvalue weighted by Gasteiger charge is 2.30. The summed E-state index contributed by atoms with van der Waals surface area (Å²) >= 11 is 1.68. The maximum absolute atomic E-state index is 12.5. The zero-order chi connectivity index (χ0) is 13.6. The molecule has 1 aromatic rings. The number of rotatable bonds is 6. The minimum absolute atomic E-state index is 0.113. The molecule has 0 radical (unpaired) electrons. The molecule has 0 aliphatic rings. The zero-order valence-corrected chi connectivity index (χ0v) is 11.4. The first kappa shape index (κ1) is 15.4. The van der Waals surface area contributed by atoms with Crippen LogP contribution < -0.4 is 5.32 Å². The van der Waals surface area contributed by atoms with Gasteiger partial charge < -0.3 is 5.32 Å². The second-order valence-corrected chi connectivity index (χ2v) is 4.99. The number of hydrogen-bond acceptors (Lipinski definition) is 2. The predicted molar refractivity (Wildman–Crippen MR) is 70.9 cm³/mol. The maximum atomic E-state index is 12.5. The van der Waals surface area contributed by atoms with Gasteiger partial charge in [-0.15, -0.1) is 0 Å². The van der Waals surface area contributed by atoms with E-state index in [4.69, 9.17) is 0 Å². The number of thioether (sulfide) groups is 1. The van der Waals surface area contributed by atoms with Crippen molar-refractivity contribution in [3.63, 3.8) is 0 Å². The van der Waals surface area contributed by atoms with Crippen molar-refractivity contribution in [1.29, 1.82) is 0 Å². The lowest BCUT2D eigenvalue weighted by Crippen LogP contribution is -2.24. The maximum Gasteiger partial charge on any atom is 0.416 e. The third kappa shape index (κ3) is 4.53. The van der Waals surface area contributed by atoms with Gasteiger partial charge in [0, 0.05) is 11.8 Å². The number of halogens is 3. The van der Waals surface area contributed by atoms with E-state index in [0.29, 0.717) is 0 Å². The summed E-state index contributed by atoms with van der Waals surface area (Å²) in [6.45, 7) is 2.93. The van der Waals surface area contributed by atoms with Crippen molar-refractivity contribution in [1.82, 2.24) is 5.32 Å². The minimum atomic E-state index is -4.26. The van der Waals surface area contributed by atoms with Gasteiger partial charge in [0.05, 0.1) is 5.56 Å². The third-order valence-electron chi connectivity index (χ3n) is 2.61. The van der Waals surface area contributed by atoms with Gasteiger partial charge in [0.1, 0.15) is 0 Å². The van der Waals surface area contributed by atoms with E-state index in [-0.39, 0.29) is 6.04 Å². The Bertz CT molecular complexity index is 348. The molecule has 0 amide bonds. The average Bonchev–Trinajstić information content (AvgIpc) is 2.33. The van der Waals surface area contributed by atoms with Crippen molar-refractivity contribution < 1.29 is 13.2 Å². The van der Waals surface area contributed by atoms with Gasteiger partial charge in [0.2, 0.25) is 0 Å². The second-order valence-electron chi connectivity index (χ2n) is 4.08. The SMILES string of the molecule is CCCNC(CSC)c1ccc(C(F)(F)F)cc1. The van der Waals surface area contributed by atoms with Crippen molar-refractivity contribution in [3.8, 4) is 0 Å². The fraction of sp³-hybridized carbons (Fsp3) is 0.538. The summed E-state index contributed by atoms with van der Waals surface area (Å²) in [6.07, 6.45) is -1.26. The fourth-order valence-corrected chi connectivity index (χ4v) is 2.31. The number of alkyl halides is 3. The smallest absolute Gasteiger partial charge is 0.309 e. The Kier molecular flexibility index (Phi) is 6.02. The van der Waals surface area contributed by atoms with E-state index < -0.39 is 11.7 Å². The van der Waals surface area contributed by atoms with Crippen molar-refractivity contribution in [3.05, 3.63) is 35.4 Å². The van der Waals surface area contributed by atoms with Gasteiger partial charge in [0.15, 0.2) is 0 Å². The summed E-state index contributed by atoms with van der Waals surface area (Å²) in [7, 11) is 0. The molecule has 0 saturated heterocycles. The second kappa shape index (κ2) is 7.04. The molecule has 1 atom stereocenters. The van der Waals surface area contributed by atoms with Gasteiger partial charge >= 0.3 is 6.18 Å². The van der Waals surface area contributed by atoms with Crippen LogP contribution in [0.5, 0.6) is 0 Å². The first-order chi connectivity index (χ1) is 8.49. The Morgan fingerprint density at radius 1 is 1.22 bits per heavy atom. The van der Waals surface area contributed by atoms with Crippen LogP contribution in [-0.4, -0.2) is 18.6 Å². The molecule has 5 heteroatoms. The Morgan fingerprint density at radius 2 is 1.83 bits per heavy atom. The van der Waals surface area contributed by atoms with Crippen molar-refractivity contribution in [2.75, 3.05) is 18.6 Å². The Hall–Kier alpha value is -0.680. The molecule has 0 heterocycles. The normalized spacial score (nSPS) is 13.6. The molecule has 18 heavy (non-hydrogen) atoms. The molecule has 0 spiro atoms. The van der Waals surface area contributed by atoms with Crippen LogP contribution in [0.1, 0.15) is 30.5 Å². The molecule has 1 rings (SSSR count). The van der Waals surface area contributed by atoms with Gasteiger partial charge in [0.25, 0.3) is 0 Å². The third-order valence-corrected chi connectivity index (χ3v) is 3.28. The van der Waals surface area contributed by atoms with Gasteiger partial charge in [-0.1, -0.05) is 19.1 Å². The lowest BCUT2D eigenvalue weighted by atomic mass is 10.1. The summed E-state index contributed by atoms with van der Waals surface area (Å²) in [5.74, 6) is 0.853. The average molecular weight is 277 g/mol. The molecule has 0 fully saturated rings. The highest BCUT2D eigenvalue weighted by Crippen LogP contribution is 2.30. The van der Waals surface area contributed by atoms with Crippen LogP contribution in [0.3, 0.4) is 0 Å². The van der Waals surface area contributed by atoms with Gasteiger partial charge in [-0.2, -0.15) is 24.9 Å². The van der Waals surface area contributed by atoms with E-state index >= 15 is 0 Å². The number of benzene rings is 1. The van der Waals surface area contributed by atoms with E-state index in [1.807, 2.05) is 6.26 Å². The monoisotopic (exact) mass is 277 g/mol. The van der Waals surface area contributed by atoms with Crippen LogP contribution in [0.25, 0.3) is 0 Å². The van der Waals surface area contributed by atoms with Crippen LogP contribution in [0.4, 0.5) is 13.2 Å². The van der Waals surface area contributed by atoms with E-state index in [0.717, 1.165) is 36.4 Å². The fourth-order valence-electron chi connectivity index (χ4n) is 1.66. The summed E-state index contributed by atoms with van der Waals surface area (Å²) in [5, 5.41) is 3.34. The Labute approximate surface area is 110 Å². The summed E-state index contributed by atoms with van der Waals surface area (Å²) in [4.78, 5) is 0. The Balaban J connectivity index is 2.79. The molecule has 102 valence electrons. The molecule has 1 N–H and O–H groups in total. The number of hydrogen-bond donors (Lipinski definition) is 1. The predicted octanol–water partition coefficient (Wildman–Crippen LogP) is 4.11.